The number of nitrogens with one attached hydrogen (secondary N) is 1. The Morgan fingerprint density at radius 3 is 3.00 bits per heavy atom. The Kier molecular flexibility index (Phi) is 2.38. The Bertz CT molecular complexity index is 195. The standard InChI is InChI=1S/C5H7NOS2/c1-6-9(7)5-3-2-4-8-5/h2-4,6H,1H3. The van der Waals surface area contributed by atoms with E-state index in [0.717, 1.165) is 4.21 Å². The van der Waals surface area contributed by atoms with Crippen molar-refractivity contribution in [2.24, 2.45) is 0 Å². The Morgan fingerprint density at radius 1 is 1.78 bits per heavy atom. The predicted octanol–water partition coefficient (Wildman–Crippen LogP) is 0.990. The van der Waals surface area contributed by atoms with Crippen molar-refractivity contribution in [2.75, 3.05) is 7.05 Å². The molecule has 9 heavy (non-hydrogen) atoms. The molecule has 0 aromatic carbocycles. The average molecular weight is 161 g/mol. The summed E-state index contributed by atoms with van der Waals surface area (Å²) in [4.78, 5) is 0. The lowest BCUT2D eigenvalue weighted by Gasteiger charge is -1.90. The summed E-state index contributed by atoms with van der Waals surface area (Å²) < 4.78 is 14.4. The molecule has 1 rings (SSSR count). The van der Waals surface area contributed by atoms with Gasteiger partial charge in [0.05, 0.1) is 0 Å². The molecule has 4 heteroatoms. The first kappa shape index (κ1) is 6.92. The van der Waals surface area contributed by atoms with E-state index in [9.17, 15) is 4.21 Å². The molecule has 1 atom stereocenters. The van der Waals surface area contributed by atoms with Crippen molar-refractivity contribution in [1.29, 1.82) is 0 Å². The maximum Gasteiger partial charge on any atom is 0.134 e. The number of hydrogen-bond acceptors (Lipinski definition) is 2. The molecular weight excluding hydrogens is 154 g/mol. The molecule has 0 fully saturated rings. The van der Waals surface area contributed by atoms with E-state index in [0.29, 0.717) is 0 Å². The third kappa shape index (κ3) is 1.61. The van der Waals surface area contributed by atoms with Gasteiger partial charge in [0.1, 0.15) is 15.2 Å². The first-order valence-electron chi connectivity index (χ1n) is 2.47. The molecule has 0 bridgehead atoms. The molecule has 1 aromatic heterocycles. The molecule has 0 amide bonds. The minimum absolute atomic E-state index is 0.873. The number of thiophene rings is 1. The maximum absolute atomic E-state index is 10.9. The summed E-state index contributed by atoms with van der Waals surface area (Å²) in [7, 11) is 0.686. The minimum atomic E-state index is -0.991. The lowest BCUT2D eigenvalue weighted by atomic mass is 10.7. The molecule has 1 N–H and O–H groups in total. The van der Waals surface area contributed by atoms with E-state index in [-0.39, 0.29) is 0 Å². The summed E-state index contributed by atoms with van der Waals surface area (Å²) in [6.07, 6.45) is 0. The van der Waals surface area contributed by atoms with Gasteiger partial charge in [-0.25, -0.2) is 8.93 Å². The van der Waals surface area contributed by atoms with Crippen LogP contribution in [0.15, 0.2) is 21.7 Å². The highest BCUT2D eigenvalue weighted by molar-refractivity contribution is 7.85. The fourth-order valence-electron chi connectivity index (χ4n) is 0.470. The van der Waals surface area contributed by atoms with Gasteiger partial charge in [-0.15, -0.1) is 11.3 Å². The summed E-state index contributed by atoms with van der Waals surface area (Å²) in [6.45, 7) is 0. The lowest BCUT2D eigenvalue weighted by molar-refractivity contribution is 0.679. The average Bonchev–Trinajstić information content (AvgIpc) is 2.37. The van der Waals surface area contributed by atoms with Crippen molar-refractivity contribution in [3.8, 4) is 0 Å². The van der Waals surface area contributed by atoms with Gasteiger partial charge in [-0.05, 0) is 18.5 Å². The van der Waals surface area contributed by atoms with Gasteiger partial charge in [0.2, 0.25) is 0 Å². The van der Waals surface area contributed by atoms with Crippen LogP contribution in [0.3, 0.4) is 0 Å². The van der Waals surface area contributed by atoms with Crippen LogP contribution in [-0.4, -0.2) is 11.3 Å². The number of rotatable bonds is 2. The third-order valence-electron chi connectivity index (χ3n) is 0.863. The molecule has 0 saturated heterocycles. The SMILES string of the molecule is CNS(=O)c1cccs1. The van der Waals surface area contributed by atoms with Gasteiger partial charge in [-0.1, -0.05) is 6.07 Å². The van der Waals surface area contributed by atoms with Crippen molar-refractivity contribution in [1.82, 2.24) is 4.72 Å². The van der Waals surface area contributed by atoms with Crippen molar-refractivity contribution < 1.29 is 4.21 Å². The van der Waals surface area contributed by atoms with E-state index in [2.05, 4.69) is 4.72 Å². The number of hydrogen-bond donors (Lipinski definition) is 1. The van der Waals surface area contributed by atoms with E-state index >= 15 is 0 Å². The topological polar surface area (TPSA) is 29.1 Å². The van der Waals surface area contributed by atoms with Gasteiger partial charge in [-0.3, -0.25) is 0 Å². The Balaban J connectivity index is 2.77. The largest absolute Gasteiger partial charge is 0.237 e. The van der Waals surface area contributed by atoms with E-state index in [4.69, 9.17) is 0 Å². The second-order valence-electron chi connectivity index (χ2n) is 1.40. The minimum Gasteiger partial charge on any atom is -0.237 e. The second kappa shape index (κ2) is 3.10. The van der Waals surface area contributed by atoms with Crippen LogP contribution in [0.25, 0.3) is 0 Å². The van der Waals surface area contributed by atoms with Crippen LogP contribution in [0, 0.1) is 0 Å². The van der Waals surface area contributed by atoms with Crippen molar-refractivity contribution in [3.63, 3.8) is 0 Å². The molecule has 1 aromatic rings. The van der Waals surface area contributed by atoms with Crippen molar-refractivity contribution in [3.05, 3.63) is 17.5 Å². The molecule has 0 aliphatic rings. The van der Waals surface area contributed by atoms with Gasteiger partial charge in [0.25, 0.3) is 0 Å². The fraction of sp³-hybridized carbons (Fsp3) is 0.200. The zero-order valence-corrected chi connectivity index (χ0v) is 6.59. The van der Waals surface area contributed by atoms with Gasteiger partial charge in [-0.2, -0.15) is 0 Å². The van der Waals surface area contributed by atoms with Crippen LogP contribution in [0.2, 0.25) is 0 Å². The summed E-state index contributed by atoms with van der Waals surface area (Å²) in [5.74, 6) is 0. The van der Waals surface area contributed by atoms with E-state index < -0.39 is 11.0 Å². The third-order valence-corrected chi connectivity index (χ3v) is 3.14. The van der Waals surface area contributed by atoms with Gasteiger partial charge >= 0.3 is 0 Å². The van der Waals surface area contributed by atoms with Crippen LogP contribution in [0.4, 0.5) is 0 Å². The quantitative estimate of drug-likeness (QED) is 0.688. The van der Waals surface area contributed by atoms with Gasteiger partial charge in [0, 0.05) is 0 Å². The first-order chi connectivity index (χ1) is 4.34. The van der Waals surface area contributed by atoms with E-state index in [1.165, 1.54) is 11.3 Å². The van der Waals surface area contributed by atoms with Gasteiger partial charge in [0.15, 0.2) is 0 Å². The first-order valence-corrected chi connectivity index (χ1v) is 4.50. The van der Waals surface area contributed by atoms with Crippen LogP contribution in [0.1, 0.15) is 0 Å². The smallest absolute Gasteiger partial charge is 0.134 e. The van der Waals surface area contributed by atoms with Crippen LogP contribution >= 0.6 is 11.3 Å². The molecule has 0 aliphatic heterocycles. The predicted molar refractivity (Wildman–Crippen MR) is 39.8 cm³/mol. The second-order valence-corrected chi connectivity index (χ2v) is 4.00. The molecule has 1 unspecified atom stereocenters. The zero-order chi connectivity index (χ0) is 6.69. The monoisotopic (exact) mass is 161 g/mol. The van der Waals surface area contributed by atoms with Gasteiger partial charge < -0.3 is 0 Å². The zero-order valence-electron chi connectivity index (χ0n) is 4.96. The lowest BCUT2D eigenvalue weighted by Crippen LogP contribution is -2.08. The molecule has 0 saturated carbocycles. The summed E-state index contributed by atoms with van der Waals surface area (Å²) in [5, 5.41) is 1.91. The molecule has 50 valence electrons. The van der Waals surface area contributed by atoms with E-state index in [1.54, 1.807) is 7.05 Å². The van der Waals surface area contributed by atoms with E-state index in [1.807, 2.05) is 17.5 Å². The Labute approximate surface area is 60.5 Å². The summed E-state index contributed by atoms with van der Waals surface area (Å²) in [6, 6.07) is 3.73. The van der Waals surface area contributed by atoms with Crippen molar-refractivity contribution >= 4 is 22.3 Å². The highest BCUT2D eigenvalue weighted by Crippen LogP contribution is 2.10. The fourth-order valence-corrected chi connectivity index (χ4v) is 2.09. The molecule has 1 heterocycles. The van der Waals surface area contributed by atoms with Crippen LogP contribution < -0.4 is 4.72 Å². The van der Waals surface area contributed by atoms with Crippen LogP contribution in [0.5, 0.6) is 0 Å². The molecule has 0 radical (unpaired) electrons. The highest BCUT2D eigenvalue weighted by atomic mass is 32.2. The Hall–Kier alpha value is -0.190. The molecular formula is C5H7NOS2. The maximum atomic E-state index is 10.9. The molecule has 0 spiro atoms. The molecule has 2 nitrogen and oxygen atoms in total. The summed E-state index contributed by atoms with van der Waals surface area (Å²) >= 11 is 1.49. The summed E-state index contributed by atoms with van der Waals surface area (Å²) in [5.41, 5.74) is 0. The highest BCUT2D eigenvalue weighted by Gasteiger charge is 1.98. The Morgan fingerprint density at radius 2 is 2.56 bits per heavy atom. The molecule has 0 aliphatic carbocycles. The van der Waals surface area contributed by atoms with Crippen molar-refractivity contribution in [2.45, 2.75) is 4.21 Å². The normalized spacial score (nSPS) is 13.4. The van der Waals surface area contributed by atoms with Crippen LogP contribution in [-0.2, 0) is 11.0 Å².